The minimum absolute atomic E-state index is 1.01. The molecule has 0 aromatic heterocycles. The van der Waals surface area contributed by atoms with E-state index in [1.807, 2.05) is 6.08 Å². The highest BCUT2D eigenvalue weighted by molar-refractivity contribution is 5.54. The Kier molecular flexibility index (Phi) is 3.99. The Balaban J connectivity index is 2.37. The first kappa shape index (κ1) is 12.6. The molecule has 0 heterocycles. The van der Waals surface area contributed by atoms with Gasteiger partial charge in [0.2, 0.25) is 0 Å². The van der Waals surface area contributed by atoms with Crippen molar-refractivity contribution in [1.29, 1.82) is 0 Å². The van der Waals surface area contributed by atoms with E-state index in [1.54, 1.807) is 0 Å². The largest absolute Gasteiger partial charge is 0.0985 e. The van der Waals surface area contributed by atoms with Crippen LogP contribution < -0.4 is 0 Å². The van der Waals surface area contributed by atoms with Gasteiger partial charge in [-0.2, -0.15) is 0 Å². The summed E-state index contributed by atoms with van der Waals surface area (Å²) in [6, 6.07) is 15.2. The van der Waals surface area contributed by atoms with E-state index in [0.29, 0.717) is 0 Å². The van der Waals surface area contributed by atoms with Gasteiger partial charge in [-0.3, -0.25) is 0 Å². The van der Waals surface area contributed by atoms with Crippen LogP contribution in [-0.2, 0) is 12.8 Å². The highest BCUT2D eigenvalue weighted by Gasteiger charge is 2.05. The molecule has 0 radical (unpaired) electrons. The van der Waals surface area contributed by atoms with Gasteiger partial charge >= 0.3 is 0 Å². The fourth-order valence-corrected chi connectivity index (χ4v) is 2.40. The van der Waals surface area contributed by atoms with E-state index in [2.05, 4.69) is 62.9 Å². The Morgan fingerprint density at radius 3 is 2.28 bits per heavy atom. The van der Waals surface area contributed by atoms with Crippen molar-refractivity contribution in [2.24, 2.45) is 0 Å². The maximum absolute atomic E-state index is 3.87. The summed E-state index contributed by atoms with van der Waals surface area (Å²) in [5.41, 5.74) is 6.86. The zero-order valence-corrected chi connectivity index (χ0v) is 11.2. The van der Waals surface area contributed by atoms with Crippen LogP contribution in [0.2, 0.25) is 0 Å². The van der Waals surface area contributed by atoms with Gasteiger partial charge in [0, 0.05) is 0 Å². The third-order valence-corrected chi connectivity index (χ3v) is 3.59. The van der Waals surface area contributed by atoms with Crippen molar-refractivity contribution in [2.45, 2.75) is 26.7 Å². The van der Waals surface area contributed by atoms with Crippen LogP contribution in [-0.4, -0.2) is 0 Å². The van der Waals surface area contributed by atoms with Crippen LogP contribution >= 0.6 is 0 Å². The van der Waals surface area contributed by atoms with Crippen LogP contribution in [0.25, 0.3) is 6.08 Å². The molecule has 0 saturated heterocycles. The predicted molar refractivity (Wildman–Crippen MR) is 79.9 cm³/mol. The molecular weight excluding hydrogens is 216 g/mol. The van der Waals surface area contributed by atoms with Crippen LogP contribution in [0, 0.1) is 6.92 Å². The van der Waals surface area contributed by atoms with Gasteiger partial charge in [-0.1, -0.05) is 62.0 Å². The number of hydrogen-bond acceptors (Lipinski definition) is 0. The van der Waals surface area contributed by atoms with Crippen molar-refractivity contribution in [3.63, 3.8) is 0 Å². The van der Waals surface area contributed by atoms with Crippen LogP contribution in [0.3, 0.4) is 0 Å². The molecule has 0 aliphatic rings. The summed E-state index contributed by atoms with van der Waals surface area (Å²) in [5.74, 6) is 0. The molecule has 0 spiro atoms. The Hall–Kier alpha value is -1.82. The van der Waals surface area contributed by atoms with Crippen LogP contribution in [0.5, 0.6) is 0 Å². The maximum atomic E-state index is 3.87. The zero-order chi connectivity index (χ0) is 13.0. The van der Waals surface area contributed by atoms with Crippen molar-refractivity contribution < 1.29 is 0 Å². The summed E-state index contributed by atoms with van der Waals surface area (Å²) in [6.07, 6.45) is 4.04. The molecule has 0 N–H and O–H groups in total. The van der Waals surface area contributed by atoms with Crippen molar-refractivity contribution in [1.82, 2.24) is 0 Å². The third kappa shape index (κ3) is 2.53. The van der Waals surface area contributed by atoms with E-state index >= 15 is 0 Å². The van der Waals surface area contributed by atoms with Gasteiger partial charge in [0.15, 0.2) is 0 Å². The second kappa shape index (κ2) is 5.68. The summed E-state index contributed by atoms with van der Waals surface area (Å²) in [5, 5.41) is 0. The van der Waals surface area contributed by atoms with E-state index in [0.717, 1.165) is 12.8 Å². The molecule has 0 atom stereocenters. The number of benzene rings is 2. The fourth-order valence-electron chi connectivity index (χ4n) is 2.40. The Labute approximate surface area is 110 Å². The maximum Gasteiger partial charge on any atom is -0.00202 e. The van der Waals surface area contributed by atoms with Gasteiger partial charge < -0.3 is 0 Å². The summed E-state index contributed by atoms with van der Waals surface area (Å²) < 4.78 is 0. The molecule has 0 unspecified atom stereocenters. The summed E-state index contributed by atoms with van der Waals surface area (Å²) >= 11 is 0. The minimum Gasteiger partial charge on any atom is -0.0985 e. The number of aryl methyl sites for hydroxylation is 1. The van der Waals surface area contributed by atoms with Crippen LogP contribution in [0.1, 0.15) is 34.7 Å². The lowest BCUT2D eigenvalue weighted by Gasteiger charge is -2.11. The van der Waals surface area contributed by atoms with E-state index in [9.17, 15) is 0 Å². The standard InChI is InChI=1S/C18H20/c1-4-15-11-8-12-17(14(15)3)13-18-10-7-6-9-16(18)5-2/h4,6-12H,1,5,13H2,2-3H3. The lowest BCUT2D eigenvalue weighted by molar-refractivity contribution is 1.05. The first-order valence-corrected chi connectivity index (χ1v) is 6.54. The topological polar surface area (TPSA) is 0 Å². The second-order valence-corrected chi connectivity index (χ2v) is 4.63. The van der Waals surface area contributed by atoms with Gasteiger partial charge in [-0.25, -0.2) is 0 Å². The lowest BCUT2D eigenvalue weighted by Crippen LogP contribution is -1.97. The van der Waals surface area contributed by atoms with E-state index < -0.39 is 0 Å². The Bertz CT molecular complexity index is 550. The molecule has 0 nitrogen and oxygen atoms in total. The minimum atomic E-state index is 1.01. The molecule has 0 heteroatoms. The molecule has 0 saturated carbocycles. The molecule has 0 bridgehead atoms. The average molecular weight is 236 g/mol. The highest BCUT2D eigenvalue weighted by atomic mass is 14.1. The van der Waals surface area contributed by atoms with Gasteiger partial charge in [-0.05, 0) is 47.6 Å². The SMILES string of the molecule is C=Cc1cccc(Cc2ccccc2CC)c1C. The number of hydrogen-bond donors (Lipinski definition) is 0. The second-order valence-electron chi connectivity index (χ2n) is 4.63. The lowest BCUT2D eigenvalue weighted by atomic mass is 9.94. The van der Waals surface area contributed by atoms with E-state index in [4.69, 9.17) is 0 Å². The average Bonchev–Trinajstić information content (AvgIpc) is 2.42. The molecular formula is C18H20. The monoisotopic (exact) mass is 236 g/mol. The third-order valence-electron chi connectivity index (χ3n) is 3.59. The van der Waals surface area contributed by atoms with Gasteiger partial charge in [-0.15, -0.1) is 0 Å². The molecule has 2 aromatic rings. The summed E-state index contributed by atoms with van der Waals surface area (Å²) in [6.45, 7) is 8.27. The molecule has 0 amide bonds. The van der Waals surface area contributed by atoms with Gasteiger partial charge in [0.25, 0.3) is 0 Å². The first-order chi connectivity index (χ1) is 8.76. The normalized spacial score (nSPS) is 10.3. The van der Waals surface area contributed by atoms with Crippen molar-refractivity contribution >= 4 is 6.08 Å². The van der Waals surface area contributed by atoms with Crippen molar-refractivity contribution in [3.8, 4) is 0 Å². The quantitative estimate of drug-likeness (QED) is 0.716. The molecule has 0 aliphatic heterocycles. The highest BCUT2D eigenvalue weighted by Crippen LogP contribution is 2.20. The van der Waals surface area contributed by atoms with Crippen LogP contribution in [0.15, 0.2) is 49.0 Å². The molecule has 92 valence electrons. The van der Waals surface area contributed by atoms with Crippen molar-refractivity contribution in [3.05, 3.63) is 76.9 Å². The molecule has 18 heavy (non-hydrogen) atoms. The fraction of sp³-hybridized carbons (Fsp3) is 0.222. The molecule has 2 rings (SSSR count). The van der Waals surface area contributed by atoms with Crippen LogP contribution in [0.4, 0.5) is 0 Å². The van der Waals surface area contributed by atoms with E-state index in [1.165, 1.54) is 27.8 Å². The molecule has 2 aromatic carbocycles. The van der Waals surface area contributed by atoms with E-state index in [-0.39, 0.29) is 0 Å². The summed E-state index contributed by atoms with van der Waals surface area (Å²) in [7, 11) is 0. The molecule has 0 fully saturated rings. The Morgan fingerprint density at radius 1 is 0.944 bits per heavy atom. The number of rotatable bonds is 4. The molecule has 0 aliphatic carbocycles. The van der Waals surface area contributed by atoms with Crippen molar-refractivity contribution in [2.75, 3.05) is 0 Å². The van der Waals surface area contributed by atoms with Gasteiger partial charge in [0.05, 0.1) is 0 Å². The predicted octanol–water partition coefficient (Wildman–Crippen LogP) is 4.79. The first-order valence-electron chi connectivity index (χ1n) is 6.54. The van der Waals surface area contributed by atoms with Gasteiger partial charge in [0.1, 0.15) is 0 Å². The summed E-state index contributed by atoms with van der Waals surface area (Å²) in [4.78, 5) is 0. The zero-order valence-electron chi connectivity index (χ0n) is 11.2. The Morgan fingerprint density at radius 2 is 1.61 bits per heavy atom. The smallest absolute Gasteiger partial charge is 0.00202 e.